The molecule has 0 unspecified atom stereocenters. The molecule has 1 rings (SSSR count). The van der Waals surface area contributed by atoms with Gasteiger partial charge in [-0.05, 0) is 24.1 Å². The van der Waals surface area contributed by atoms with E-state index < -0.39 is 11.9 Å². The minimum Gasteiger partial charge on any atom is -0.508 e. The van der Waals surface area contributed by atoms with Gasteiger partial charge in [0.15, 0.2) is 0 Å². The highest BCUT2D eigenvalue weighted by Crippen LogP contribution is 2.19. The first kappa shape index (κ1) is 17.6. The molecule has 0 spiro atoms. The highest BCUT2D eigenvalue weighted by molar-refractivity contribution is 5.78. The first-order chi connectivity index (χ1) is 10.6. The minimum absolute atomic E-state index is 0.0159. The summed E-state index contributed by atoms with van der Waals surface area (Å²) in [5.41, 5.74) is 1.12. The fourth-order valence-corrected chi connectivity index (χ4v) is 2.11. The van der Waals surface area contributed by atoms with Gasteiger partial charge in [0, 0.05) is 18.8 Å². The molecule has 1 atom stereocenters. The maximum Gasteiger partial charge on any atom is 0.306 e. The van der Waals surface area contributed by atoms with Crippen molar-refractivity contribution >= 4 is 18.5 Å². The summed E-state index contributed by atoms with van der Waals surface area (Å²) in [6, 6.07) is 6.83. The van der Waals surface area contributed by atoms with Gasteiger partial charge >= 0.3 is 5.97 Å². The standard InChI is InChI=1S/C17H20O5/c1-2-13(12-19)15(7-9-18)11-17(21)22-10-8-14-5-3-4-6-16(14)20/h2-6,9,12,15,20H,7-8,10-11H2,1H3/b13-2-/t15-/m0/s1. The topological polar surface area (TPSA) is 80.7 Å². The van der Waals surface area contributed by atoms with E-state index in [1.807, 2.05) is 0 Å². The predicted molar refractivity (Wildman–Crippen MR) is 81.4 cm³/mol. The SMILES string of the molecule is C/C=C(/C=O)[C@@H](CC=O)CC(=O)OCCc1ccccc1O. The number of aromatic hydroxyl groups is 1. The van der Waals surface area contributed by atoms with Crippen molar-refractivity contribution in [1.82, 2.24) is 0 Å². The maximum atomic E-state index is 11.8. The Kier molecular flexibility index (Phi) is 7.61. The van der Waals surface area contributed by atoms with E-state index in [1.54, 1.807) is 37.3 Å². The van der Waals surface area contributed by atoms with Crippen LogP contribution >= 0.6 is 0 Å². The van der Waals surface area contributed by atoms with Crippen LogP contribution in [0.1, 0.15) is 25.3 Å². The van der Waals surface area contributed by atoms with Gasteiger partial charge in [0.25, 0.3) is 0 Å². The van der Waals surface area contributed by atoms with Crippen LogP contribution in [0.15, 0.2) is 35.9 Å². The van der Waals surface area contributed by atoms with Crippen LogP contribution in [0.4, 0.5) is 0 Å². The maximum absolute atomic E-state index is 11.8. The molecule has 0 fully saturated rings. The molecule has 0 radical (unpaired) electrons. The largest absolute Gasteiger partial charge is 0.508 e. The van der Waals surface area contributed by atoms with Crippen molar-refractivity contribution in [2.45, 2.75) is 26.2 Å². The Hall–Kier alpha value is -2.43. The van der Waals surface area contributed by atoms with Crippen molar-refractivity contribution in [1.29, 1.82) is 0 Å². The van der Waals surface area contributed by atoms with Crippen LogP contribution in [-0.2, 0) is 25.5 Å². The number of esters is 1. The molecule has 5 nitrogen and oxygen atoms in total. The number of phenolic OH excluding ortho intramolecular Hbond substituents is 1. The molecule has 0 aliphatic carbocycles. The molecule has 0 bridgehead atoms. The van der Waals surface area contributed by atoms with Crippen molar-refractivity contribution in [3.63, 3.8) is 0 Å². The molecule has 1 N–H and O–H groups in total. The molecule has 118 valence electrons. The van der Waals surface area contributed by atoms with E-state index in [1.165, 1.54) is 0 Å². The first-order valence-corrected chi connectivity index (χ1v) is 7.09. The van der Waals surface area contributed by atoms with Gasteiger partial charge in [-0.3, -0.25) is 9.59 Å². The molecule has 22 heavy (non-hydrogen) atoms. The third kappa shape index (κ3) is 5.52. The van der Waals surface area contributed by atoms with Gasteiger partial charge in [-0.15, -0.1) is 0 Å². The van der Waals surface area contributed by atoms with Crippen LogP contribution in [0.3, 0.4) is 0 Å². The molecule has 0 amide bonds. The molecule has 0 aliphatic rings. The molecular weight excluding hydrogens is 284 g/mol. The van der Waals surface area contributed by atoms with Crippen molar-refractivity contribution in [2.75, 3.05) is 6.61 Å². The zero-order valence-electron chi connectivity index (χ0n) is 12.5. The van der Waals surface area contributed by atoms with Gasteiger partial charge in [-0.25, -0.2) is 0 Å². The van der Waals surface area contributed by atoms with Crippen LogP contribution in [0, 0.1) is 5.92 Å². The summed E-state index contributed by atoms with van der Waals surface area (Å²) in [4.78, 5) is 33.3. The summed E-state index contributed by atoms with van der Waals surface area (Å²) in [6.07, 6.45) is 3.43. The number of carbonyl (C=O) groups excluding carboxylic acids is 3. The van der Waals surface area contributed by atoms with Crippen LogP contribution < -0.4 is 0 Å². The van der Waals surface area contributed by atoms with Crippen LogP contribution in [0.25, 0.3) is 0 Å². The Balaban J connectivity index is 2.49. The number of rotatable bonds is 9. The molecule has 0 aliphatic heterocycles. The van der Waals surface area contributed by atoms with E-state index in [4.69, 9.17) is 4.74 Å². The predicted octanol–water partition coefficient (Wildman–Crippen LogP) is 2.22. The molecular formula is C17H20O5. The summed E-state index contributed by atoms with van der Waals surface area (Å²) in [5.74, 6) is -0.754. The van der Waals surface area contributed by atoms with Crippen molar-refractivity contribution in [2.24, 2.45) is 5.92 Å². The summed E-state index contributed by atoms with van der Waals surface area (Å²) in [5, 5.41) is 9.60. The average Bonchev–Trinajstić information content (AvgIpc) is 2.50. The lowest BCUT2D eigenvalue weighted by Crippen LogP contribution is -2.16. The Morgan fingerprint density at radius 1 is 1.32 bits per heavy atom. The van der Waals surface area contributed by atoms with E-state index >= 15 is 0 Å². The van der Waals surface area contributed by atoms with E-state index in [9.17, 15) is 19.5 Å². The number of para-hydroxylation sites is 1. The Morgan fingerprint density at radius 3 is 2.64 bits per heavy atom. The minimum atomic E-state index is -0.469. The number of phenols is 1. The second-order valence-corrected chi connectivity index (χ2v) is 4.81. The Labute approximate surface area is 129 Å². The van der Waals surface area contributed by atoms with E-state index in [0.717, 1.165) is 0 Å². The molecule has 1 aromatic rings. The number of allylic oxidation sites excluding steroid dienone is 2. The van der Waals surface area contributed by atoms with Gasteiger partial charge in [0.2, 0.25) is 0 Å². The van der Waals surface area contributed by atoms with Gasteiger partial charge in [0.1, 0.15) is 18.3 Å². The van der Waals surface area contributed by atoms with E-state index in [0.29, 0.717) is 30.1 Å². The summed E-state index contributed by atoms with van der Waals surface area (Å²) in [7, 11) is 0. The second kappa shape index (κ2) is 9.50. The second-order valence-electron chi connectivity index (χ2n) is 4.81. The van der Waals surface area contributed by atoms with Crippen molar-refractivity contribution in [3.8, 4) is 5.75 Å². The third-order valence-electron chi connectivity index (χ3n) is 3.36. The number of aldehydes is 2. The van der Waals surface area contributed by atoms with Crippen LogP contribution in [-0.4, -0.2) is 30.3 Å². The van der Waals surface area contributed by atoms with Gasteiger partial charge in [-0.1, -0.05) is 24.3 Å². The summed E-state index contributed by atoms with van der Waals surface area (Å²) >= 11 is 0. The number of ether oxygens (including phenoxy) is 1. The smallest absolute Gasteiger partial charge is 0.306 e. The zero-order valence-corrected chi connectivity index (χ0v) is 12.5. The third-order valence-corrected chi connectivity index (χ3v) is 3.36. The normalized spacial score (nSPS) is 12.5. The fourth-order valence-electron chi connectivity index (χ4n) is 2.11. The van der Waals surface area contributed by atoms with Crippen LogP contribution in [0.2, 0.25) is 0 Å². The number of hydrogen-bond acceptors (Lipinski definition) is 5. The number of benzene rings is 1. The average molecular weight is 304 g/mol. The monoisotopic (exact) mass is 304 g/mol. The molecule has 0 aromatic heterocycles. The molecule has 5 heteroatoms. The van der Waals surface area contributed by atoms with E-state index in [-0.39, 0.29) is 25.2 Å². The lowest BCUT2D eigenvalue weighted by Gasteiger charge is -2.13. The van der Waals surface area contributed by atoms with Gasteiger partial charge < -0.3 is 14.6 Å². The molecule has 0 saturated carbocycles. The van der Waals surface area contributed by atoms with Crippen molar-refractivity contribution in [3.05, 3.63) is 41.5 Å². The van der Waals surface area contributed by atoms with E-state index in [2.05, 4.69) is 0 Å². The van der Waals surface area contributed by atoms with Crippen LogP contribution in [0.5, 0.6) is 5.75 Å². The lowest BCUT2D eigenvalue weighted by molar-refractivity contribution is -0.144. The summed E-state index contributed by atoms with van der Waals surface area (Å²) < 4.78 is 5.11. The van der Waals surface area contributed by atoms with Crippen molar-refractivity contribution < 1.29 is 24.2 Å². The number of carbonyl (C=O) groups is 3. The lowest BCUT2D eigenvalue weighted by atomic mass is 9.93. The first-order valence-electron chi connectivity index (χ1n) is 7.09. The molecule has 1 aromatic carbocycles. The Bertz CT molecular complexity index is 548. The zero-order chi connectivity index (χ0) is 16.4. The van der Waals surface area contributed by atoms with Gasteiger partial charge in [-0.2, -0.15) is 0 Å². The number of hydrogen-bond donors (Lipinski definition) is 1. The molecule has 0 saturated heterocycles. The van der Waals surface area contributed by atoms with Gasteiger partial charge in [0.05, 0.1) is 13.0 Å². The highest BCUT2D eigenvalue weighted by Gasteiger charge is 2.18. The fraction of sp³-hybridized carbons (Fsp3) is 0.353. The summed E-state index contributed by atoms with van der Waals surface area (Å²) in [6.45, 7) is 1.82. The highest BCUT2D eigenvalue weighted by atomic mass is 16.5. The molecule has 0 heterocycles. The quantitative estimate of drug-likeness (QED) is 0.430. The Morgan fingerprint density at radius 2 is 2.05 bits per heavy atom.